The van der Waals surface area contributed by atoms with Gasteiger partial charge in [-0.2, -0.15) is 0 Å². The average Bonchev–Trinajstić information content (AvgIpc) is 2.59. The summed E-state index contributed by atoms with van der Waals surface area (Å²) in [7, 11) is -5.30. The molecule has 1 aromatic carbocycles. The Balaban J connectivity index is 2.08. The van der Waals surface area contributed by atoms with Gasteiger partial charge in [-0.05, 0) is 31.7 Å². The smallest absolute Gasteiger partial charge is 0.254 e. The van der Waals surface area contributed by atoms with Gasteiger partial charge < -0.3 is 4.90 Å². The van der Waals surface area contributed by atoms with Crippen LogP contribution in [0, 0.1) is 6.92 Å². The Morgan fingerprint density at radius 2 is 1.73 bits per heavy atom. The fraction of sp³-hybridized carbons (Fsp3) is 0.562. The molecule has 0 aliphatic carbocycles. The molecule has 1 aliphatic heterocycles. The summed E-state index contributed by atoms with van der Waals surface area (Å²) in [6, 6.07) is 4.50. The van der Waals surface area contributed by atoms with Crippen LogP contribution in [0.2, 0.25) is 0 Å². The third-order valence-corrected chi connectivity index (χ3v) is 6.79. The van der Waals surface area contributed by atoms with E-state index in [2.05, 4.69) is 4.72 Å². The first-order chi connectivity index (χ1) is 12.0. The minimum absolute atomic E-state index is 0.0562. The fourth-order valence-electron chi connectivity index (χ4n) is 2.76. The Morgan fingerprint density at radius 1 is 1.12 bits per heavy atom. The van der Waals surface area contributed by atoms with E-state index in [9.17, 15) is 21.6 Å². The van der Waals surface area contributed by atoms with Gasteiger partial charge in [0.15, 0.2) is 0 Å². The number of hydrogen-bond donors (Lipinski definition) is 1. The van der Waals surface area contributed by atoms with Gasteiger partial charge in [-0.25, -0.2) is 21.6 Å². The van der Waals surface area contributed by atoms with E-state index in [1.807, 2.05) is 4.90 Å². The number of nitrogens with one attached hydrogen (secondary N) is 1. The summed E-state index contributed by atoms with van der Waals surface area (Å²) < 4.78 is 48.7. The molecule has 0 spiro atoms. The van der Waals surface area contributed by atoms with E-state index in [4.69, 9.17) is 0 Å². The Bertz CT molecular complexity index is 873. The molecule has 0 unspecified atom stereocenters. The van der Waals surface area contributed by atoms with Gasteiger partial charge in [0.2, 0.25) is 10.0 Å². The Morgan fingerprint density at radius 3 is 2.27 bits per heavy atom. The van der Waals surface area contributed by atoms with Crippen molar-refractivity contribution >= 4 is 25.8 Å². The second kappa shape index (κ2) is 8.03. The summed E-state index contributed by atoms with van der Waals surface area (Å²) in [6.07, 6.45) is 1.21. The molecule has 0 aromatic heterocycles. The first-order valence-corrected chi connectivity index (χ1v) is 11.8. The van der Waals surface area contributed by atoms with Gasteiger partial charge >= 0.3 is 0 Å². The molecular weight excluding hydrogens is 378 g/mol. The third kappa shape index (κ3) is 5.26. The largest absolute Gasteiger partial charge is 0.336 e. The van der Waals surface area contributed by atoms with Crippen molar-refractivity contribution in [3.63, 3.8) is 0 Å². The van der Waals surface area contributed by atoms with Gasteiger partial charge in [0.05, 0.1) is 10.6 Å². The van der Waals surface area contributed by atoms with Gasteiger partial charge in [-0.3, -0.25) is 9.69 Å². The second-order valence-electron chi connectivity index (χ2n) is 6.45. The molecule has 10 heteroatoms. The molecule has 1 aliphatic rings. The maximum Gasteiger partial charge on any atom is 0.254 e. The normalized spacial score (nSPS) is 16.7. The van der Waals surface area contributed by atoms with Crippen LogP contribution in [0.3, 0.4) is 0 Å². The fourth-order valence-corrected chi connectivity index (χ4v) is 4.10. The molecule has 0 saturated carbocycles. The first-order valence-electron chi connectivity index (χ1n) is 8.27. The van der Waals surface area contributed by atoms with Crippen LogP contribution in [-0.4, -0.2) is 84.3 Å². The van der Waals surface area contributed by atoms with Crippen LogP contribution in [0.1, 0.15) is 15.9 Å². The van der Waals surface area contributed by atoms with E-state index in [-0.39, 0.29) is 16.6 Å². The molecular formula is C16H25N3O5S2. The van der Waals surface area contributed by atoms with Crippen LogP contribution >= 0.6 is 0 Å². The van der Waals surface area contributed by atoms with Gasteiger partial charge in [0, 0.05) is 44.5 Å². The first kappa shape index (κ1) is 20.8. The maximum atomic E-state index is 12.8. The summed E-state index contributed by atoms with van der Waals surface area (Å²) >= 11 is 0. The number of aryl methyl sites for hydroxylation is 1. The summed E-state index contributed by atoms with van der Waals surface area (Å²) in [6.45, 7) is 4.36. The number of nitrogens with zero attached hydrogens (tertiary/aromatic N) is 2. The van der Waals surface area contributed by atoms with Crippen molar-refractivity contribution in [2.24, 2.45) is 0 Å². The molecule has 1 heterocycles. The zero-order valence-electron chi connectivity index (χ0n) is 15.2. The molecule has 146 valence electrons. The highest BCUT2D eigenvalue weighted by Crippen LogP contribution is 2.18. The zero-order chi connectivity index (χ0) is 19.5. The van der Waals surface area contributed by atoms with Crippen molar-refractivity contribution in [2.45, 2.75) is 11.8 Å². The van der Waals surface area contributed by atoms with Gasteiger partial charge in [-0.1, -0.05) is 6.07 Å². The summed E-state index contributed by atoms with van der Waals surface area (Å²) in [4.78, 5) is 16.6. The summed E-state index contributed by atoms with van der Waals surface area (Å²) in [5.74, 6) is -0.109. The minimum atomic E-state index is -3.62. The molecule has 8 nitrogen and oxygen atoms in total. The summed E-state index contributed by atoms with van der Waals surface area (Å²) in [5.41, 5.74) is 1.08. The highest BCUT2D eigenvalue weighted by atomic mass is 32.2. The van der Waals surface area contributed by atoms with Crippen molar-refractivity contribution in [1.82, 2.24) is 14.5 Å². The lowest BCUT2D eigenvalue weighted by molar-refractivity contribution is 0.0643. The molecule has 0 radical (unpaired) electrons. The standard InChI is InChI=1S/C16H25N3O5S2/c1-13-4-5-14(26(23,24)17-2)12-15(13)16(20)19-8-6-18(7-9-19)10-11-25(3,21)22/h4-5,12,17H,6-11H2,1-3H3. The average molecular weight is 404 g/mol. The molecule has 2 rings (SSSR count). The lowest BCUT2D eigenvalue weighted by atomic mass is 10.1. The van der Waals surface area contributed by atoms with Crippen molar-refractivity contribution in [3.8, 4) is 0 Å². The van der Waals surface area contributed by atoms with Crippen molar-refractivity contribution < 1.29 is 21.6 Å². The van der Waals surface area contributed by atoms with E-state index in [0.717, 1.165) is 0 Å². The van der Waals surface area contributed by atoms with Crippen LogP contribution < -0.4 is 4.72 Å². The van der Waals surface area contributed by atoms with E-state index in [1.54, 1.807) is 17.9 Å². The minimum Gasteiger partial charge on any atom is -0.336 e. The number of rotatable bonds is 6. The van der Waals surface area contributed by atoms with E-state index >= 15 is 0 Å². The van der Waals surface area contributed by atoms with Gasteiger partial charge in [0.25, 0.3) is 5.91 Å². The quantitative estimate of drug-likeness (QED) is 0.700. The van der Waals surface area contributed by atoms with Crippen LogP contribution in [0.4, 0.5) is 0 Å². The van der Waals surface area contributed by atoms with E-state index < -0.39 is 19.9 Å². The van der Waals surface area contributed by atoms with Crippen LogP contribution in [0.15, 0.2) is 23.1 Å². The topological polar surface area (TPSA) is 104 Å². The number of benzene rings is 1. The number of sulfonamides is 1. The number of carbonyl (C=O) groups excluding carboxylic acids is 1. The monoisotopic (exact) mass is 403 g/mol. The van der Waals surface area contributed by atoms with Crippen LogP contribution in [-0.2, 0) is 19.9 Å². The predicted molar refractivity (Wildman–Crippen MR) is 99.5 cm³/mol. The second-order valence-corrected chi connectivity index (χ2v) is 10.6. The highest BCUT2D eigenvalue weighted by Gasteiger charge is 2.25. The van der Waals surface area contributed by atoms with E-state index in [1.165, 1.54) is 25.4 Å². The van der Waals surface area contributed by atoms with E-state index in [0.29, 0.717) is 43.9 Å². The van der Waals surface area contributed by atoms with Crippen molar-refractivity contribution in [1.29, 1.82) is 0 Å². The molecule has 1 amide bonds. The Labute approximate surface area is 155 Å². The molecule has 1 saturated heterocycles. The van der Waals surface area contributed by atoms with Crippen LogP contribution in [0.25, 0.3) is 0 Å². The highest BCUT2D eigenvalue weighted by molar-refractivity contribution is 7.90. The maximum absolute atomic E-state index is 12.8. The summed E-state index contributed by atoms with van der Waals surface area (Å²) in [5, 5.41) is 0. The number of piperazine rings is 1. The number of amides is 1. The molecule has 1 fully saturated rings. The number of hydrogen-bond acceptors (Lipinski definition) is 6. The Hall–Kier alpha value is -1.49. The van der Waals surface area contributed by atoms with Crippen molar-refractivity contribution in [3.05, 3.63) is 29.3 Å². The molecule has 26 heavy (non-hydrogen) atoms. The molecule has 1 N–H and O–H groups in total. The molecule has 1 aromatic rings. The lowest BCUT2D eigenvalue weighted by Gasteiger charge is -2.34. The number of sulfone groups is 1. The van der Waals surface area contributed by atoms with Crippen LogP contribution in [0.5, 0.6) is 0 Å². The van der Waals surface area contributed by atoms with Crippen molar-refractivity contribution in [2.75, 3.05) is 51.8 Å². The molecule has 0 atom stereocenters. The zero-order valence-corrected chi connectivity index (χ0v) is 16.9. The molecule has 0 bridgehead atoms. The SMILES string of the molecule is CNS(=O)(=O)c1ccc(C)c(C(=O)N2CCN(CCS(C)(=O)=O)CC2)c1. The predicted octanol–water partition coefficient (Wildman–Crippen LogP) is -0.294. The Kier molecular flexibility index (Phi) is 6.43. The van der Waals surface area contributed by atoms with Gasteiger partial charge in [0.1, 0.15) is 9.84 Å². The number of carbonyl (C=O) groups is 1. The lowest BCUT2D eigenvalue weighted by Crippen LogP contribution is -2.49. The van der Waals surface area contributed by atoms with Gasteiger partial charge in [-0.15, -0.1) is 0 Å². The third-order valence-electron chi connectivity index (χ3n) is 4.46.